The van der Waals surface area contributed by atoms with E-state index >= 15 is 0 Å². The van der Waals surface area contributed by atoms with Gasteiger partial charge in [0.25, 0.3) is 0 Å². The van der Waals surface area contributed by atoms with Crippen molar-refractivity contribution in [1.82, 2.24) is 20.0 Å². The van der Waals surface area contributed by atoms with Gasteiger partial charge in [-0.25, -0.2) is 14.5 Å². The van der Waals surface area contributed by atoms with Gasteiger partial charge >= 0.3 is 5.97 Å². The number of esters is 1. The molecular formula is C16H14N4O3S. The summed E-state index contributed by atoms with van der Waals surface area (Å²) in [4.78, 5) is 16.0. The van der Waals surface area contributed by atoms with Gasteiger partial charge < -0.3 is 9.47 Å². The lowest BCUT2D eigenvalue weighted by atomic mass is 10.1. The molecule has 0 N–H and O–H groups in total. The van der Waals surface area contributed by atoms with E-state index in [2.05, 4.69) is 26.1 Å². The molecule has 8 heteroatoms. The van der Waals surface area contributed by atoms with Crippen LogP contribution in [0.2, 0.25) is 0 Å². The largest absolute Gasteiger partial charge is 0.493 e. The lowest BCUT2D eigenvalue weighted by molar-refractivity contribution is 0.0594. The summed E-state index contributed by atoms with van der Waals surface area (Å²) in [6.45, 7) is 1.21. The number of carbonyl (C=O) groups is 1. The summed E-state index contributed by atoms with van der Waals surface area (Å²) < 4.78 is 11.7. The van der Waals surface area contributed by atoms with E-state index in [1.54, 1.807) is 22.2 Å². The Morgan fingerprint density at radius 2 is 2.38 bits per heavy atom. The van der Waals surface area contributed by atoms with Crippen LogP contribution in [0.5, 0.6) is 5.75 Å². The van der Waals surface area contributed by atoms with Gasteiger partial charge in [0.2, 0.25) is 0 Å². The van der Waals surface area contributed by atoms with E-state index in [1.807, 2.05) is 17.5 Å². The maximum Gasteiger partial charge on any atom is 0.360 e. The van der Waals surface area contributed by atoms with Gasteiger partial charge in [0, 0.05) is 17.4 Å². The molecule has 122 valence electrons. The smallest absolute Gasteiger partial charge is 0.360 e. The van der Waals surface area contributed by atoms with E-state index in [9.17, 15) is 4.79 Å². The molecule has 24 heavy (non-hydrogen) atoms. The molecule has 0 fully saturated rings. The van der Waals surface area contributed by atoms with Gasteiger partial charge in [-0.1, -0.05) is 5.21 Å². The fourth-order valence-electron chi connectivity index (χ4n) is 2.57. The van der Waals surface area contributed by atoms with Crippen molar-refractivity contribution in [3.63, 3.8) is 0 Å². The third kappa shape index (κ3) is 2.76. The van der Waals surface area contributed by atoms with Gasteiger partial charge in [-0.2, -0.15) is 0 Å². The number of fused-ring (bicyclic) bond motifs is 1. The number of aromatic nitrogens is 4. The first-order valence-corrected chi connectivity index (χ1v) is 8.30. The number of nitrogens with zero attached hydrogens (tertiary/aromatic N) is 4. The van der Waals surface area contributed by atoms with E-state index in [1.165, 1.54) is 12.7 Å². The van der Waals surface area contributed by atoms with Crippen LogP contribution < -0.4 is 4.74 Å². The number of ether oxygens (including phenoxy) is 2. The number of thiazole rings is 1. The average molecular weight is 342 g/mol. The van der Waals surface area contributed by atoms with Crippen molar-refractivity contribution >= 4 is 17.3 Å². The summed E-state index contributed by atoms with van der Waals surface area (Å²) >= 11 is 1.55. The van der Waals surface area contributed by atoms with Crippen LogP contribution in [-0.4, -0.2) is 39.7 Å². The van der Waals surface area contributed by atoms with Crippen LogP contribution in [0.3, 0.4) is 0 Å². The summed E-state index contributed by atoms with van der Waals surface area (Å²) in [6.07, 6.45) is 2.50. The van der Waals surface area contributed by atoms with E-state index in [4.69, 9.17) is 4.74 Å². The molecule has 0 radical (unpaired) electrons. The molecule has 1 aliphatic rings. The molecule has 3 heterocycles. The number of benzene rings is 1. The predicted molar refractivity (Wildman–Crippen MR) is 87.2 cm³/mol. The molecule has 1 aromatic carbocycles. The zero-order valence-corrected chi connectivity index (χ0v) is 13.7. The van der Waals surface area contributed by atoms with Crippen molar-refractivity contribution in [1.29, 1.82) is 0 Å². The van der Waals surface area contributed by atoms with Crippen LogP contribution in [0.25, 0.3) is 11.3 Å². The summed E-state index contributed by atoms with van der Waals surface area (Å²) in [7, 11) is 1.32. The maximum absolute atomic E-state index is 11.4. The molecule has 0 amide bonds. The molecule has 7 nitrogen and oxygen atoms in total. The van der Waals surface area contributed by atoms with Crippen LogP contribution in [0.1, 0.15) is 21.1 Å². The van der Waals surface area contributed by atoms with E-state index in [-0.39, 0.29) is 5.69 Å². The third-order valence-electron chi connectivity index (χ3n) is 3.77. The number of hydrogen-bond acceptors (Lipinski definition) is 7. The molecule has 0 saturated carbocycles. The first-order valence-electron chi connectivity index (χ1n) is 7.42. The second-order valence-corrected chi connectivity index (χ2v) is 6.28. The Labute approximate surface area is 141 Å². The van der Waals surface area contributed by atoms with Crippen molar-refractivity contribution < 1.29 is 14.3 Å². The fraction of sp³-hybridized carbons (Fsp3) is 0.250. The van der Waals surface area contributed by atoms with Gasteiger partial charge in [-0.05, 0) is 23.8 Å². The third-order valence-corrected chi connectivity index (χ3v) is 4.60. The van der Waals surface area contributed by atoms with Crippen LogP contribution in [-0.2, 0) is 17.7 Å². The zero-order valence-electron chi connectivity index (χ0n) is 12.9. The Bertz CT molecular complexity index is 902. The summed E-state index contributed by atoms with van der Waals surface area (Å²) in [5.74, 6) is 0.466. The Balaban J connectivity index is 1.52. The van der Waals surface area contributed by atoms with Crippen LogP contribution in [0, 0.1) is 0 Å². The molecule has 0 aliphatic carbocycles. The second kappa shape index (κ2) is 6.04. The minimum Gasteiger partial charge on any atom is -0.493 e. The van der Waals surface area contributed by atoms with Gasteiger partial charge in [-0.3, -0.25) is 0 Å². The molecular weight excluding hydrogens is 328 g/mol. The van der Waals surface area contributed by atoms with Crippen LogP contribution in [0.4, 0.5) is 0 Å². The SMILES string of the molecule is COC(=O)c1cn(Cc2nc(-c3ccc4c(c3)CCO4)cs2)nn1. The highest BCUT2D eigenvalue weighted by atomic mass is 32.1. The normalized spacial score (nSPS) is 12.7. The minimum absolute atomic E-state index is 0.188. The van der Waals surface area contributed by atoms with Crippen molar-refractivity contribution in [2.45, 2.75) is 13.0 Å². The average Bonchev–Trinajstić information content (AvgIpc) is 3.34. The number of carbonyl (C=O) groups excluding carboxylic acids is 1. The number of rotatable bonds is 4. The quantitative estimate of drug-likeness (QED) is 0.676. The minimum atomic E-state index is -0.499. The Morgan fingerprint density at radius 1 is 1.46 bits per heavy atom. The van der Waals surface area contributed by atoms with Crippen LogP contribution >= 0.6 is 11.3 Å². The van der Waals surface area contributed by atoms with Crippen molar-refractivity contribution in [3.8, 4) is 17.0 Å². The highest BCUT2D eigenvalue weighted by Gasteiger charge is 2.15. The van der Waals surface area contributed by atoms with Gasteiger partial charge in [0.15, 0.2) is 5.69 Å². The summed E-state index contributed by atoms with van der Waals surface area (Å²) in [5, 5.41) is 10.6. The topological polar surface area (TPSA) is 79.1 Å². The molecule has 0 atom stereocenters. The van der Waals surface area contributed by atoms with Crippen molar-refractivity contribution in [2.24, 2.45) is 0 Å². The van der Waals surface area contributed by atoms with Gasteiger partial charge in [0.05, 0.1) is 32.2 Å². The fourth-order valence-corrected chi connectivity index (χ4v) is 3.37. The molecule has 0 saturated heterocycles. The molecule has 0 spiro atoms. The lowest BCUT2D eigenvalue weighted by Gasteiger charge is -2.01. The van der Waals surface area contributed by atoms with E-state index < -0.39 is 5.97 Å². The lowest BCUT2D eigenvalue weighted by Crippen LogP contribution is -2.01. The van der Waals surface area contributed by atoms with Crippen molar-refractivity contribution in [2.75, 3.05) is 13.7 Å². The first-order chi connectivity index (χ1) is 11.7. The Morgan fingerprint density at radius 3 is 3.25 bits per heavy atom. The highest BCUT2D eigenvalue weighted by molar-refractivity contribution is 7.09. The number of methoxy groups -OCH3 is 1. The Hall–Kier alpha value is -2.74. The standard InChI is InChI=1S/C16H14N4O3S/c1-22-16(21)12-7-20(19-18-12)8-15-17-13(9-24-15)10-2-3-14-11(6-10)4-5-23-14/h2-3,6-7,9H,4-5,8H2,1H3. The zero-order chi connectivity index (χ0) is 16.5. The molecule has 3 aromatic rings. The molecule has 1 aliphatic heterocycles. The first kappa shape index (κ1) is 14.8. The van der Waals surface area contributed by atoms with Crippen molar-refractivity contribution in [3.05, 3.63) is 46.0 Å². The van der Waals surface area contributed by atoms with E-state index in [0.717, 1.165) is 35.0 Å². The summed E-state index contributed by atoms with van der Waals surface area (Å²) in [6, 6.07) is 6.15. The number of hydrogen-bond donors (Lipinski definition) is 0. The predicted octanol–water partition coefficient (Wildman–Crippen LogP) is 2.17. The van der Waals surface area contributed by atoms with Crippen LogP contribution in [0.15, 0.2) is 29.8 Å². The molecule has 4 rings (SSSR count). The molecule has 0 bridgehead atoms. The second-order valence-electron chi connectivity index (χ2n) is 5.34. The molecule has 2 aromatic heterocycles. The monoisotopic (exact) mass is 342 g/mol. The van der Waals surface area contributed by atoms with Gasteiger partial charge in [0.1, 0.15) is 10.8 Å². The summed E-state index contributed by atoms with van der Waals surface area (Å²) in [5.41, 5.74) is 3.42. The van der Waals surface area contributed by atoms with E-state index in [0.29, 0.717) is 6.54 Å². The highest BCUT2D eigenvalue weighted by Crippen LogP contribution is 2.31. The maximum atomic E-state index is 11.4. The Kier molecular flexibility index (Phi) is 3.73. The van der Waals surface area contributed by atoms with Gasteiger partial charge in [-0.15, -0.1) is 16.4 Å². The molecule has 0 unspecified atom stereocenters.